The summed E-state index contributed by atoms with van der Waals surface area (Å²) in [5.41, 5.74) is 0. The van der Waals surface area contributed by atoms with E-state index in [9.17, 15) is 9.90 Å². The highest BCUT2D eigenvalue weighted by Gasteiger charge is 2.25. The summed E-state index contributed by atoms with van der Waals surface area (Å²) in [6.07, 6.45) is 1.36. The topological polar surface area (TPSA) is 52.6 Å². The van der Waals surface area contributed by atoms with Crippen LogP contribution in [0.3, 0.4) is 0 Å². The molecular formula is C16H34N2O2. The van der Waals surface area contributed by atoms with Gasteiger partial charge in [-0.25, -0.2) is 0 Å². The molecule has 0 bridgehead atoms. The van der Waals surface area contributed by atoms with Gasteiger partial charge in [0.05, 0.1) is 0 Å². The van der Waals surface area contributed by atoms with Gasteiger partial charge in [-0.3, -0.25) is 4.79 Å². The number of amides is 1. The summed E-state index contributed by atoms with van der Waals surface area (Å²) in [5, 5.41) is 12.7. The molecule has 1 rings (SSSR count). The number of aliphatic hydroxyl groups excluding tert-OH is 1. The van der Waals surface area contributed by atoms with E-state index in [1.807, 2.05) is 13.8 Å². The average Bonchev–Trinajstić information content (AvgIpc) is 2.35. The van der Waals surface area contributed by atoms with Crippen molar-refractivity contribution in [3.8, 4) is 0 Å². The second-order valence-electron chi connectivity index (χ2n) is 6.69. The molecule has 4 nitrogen and oxygen atoms in total. The third-order valence-corrected chi connectivity index (χ3v) is 3.18. The fourth-order valence-electron chi connectivity index (χ4n) is 2.14. The molecule has 1 atom stereocenters. The molecule has 0 aromatic rings. The van der Waals surface area contributed by atoms with Gasteiger partial charge in [0.15, 0.2) is 0 Å². The molecule has 1 fully saturated rings. The minimum absolute atomic E-state index is 0.145. The Hall–Kier alpha value is -0.610. The lowest BCUT2D eigenvalue weighted by Gasteiger charge is -2.33. The molecule has 2 N–H and O–H groups in total. The summed E-state index contributed by atoms with van der Waals surface area (Å²) in [6, 6.07) is 0.164. The molecule has 1 amide bonds. The van der Waals surface area contributed by atoms with Crippen molar-refractivity contribution in [3.63, 3.8) is 0 Å². The second-order valence-corrected chi connectivity index (χ2v) is 6.69. The maximum atomic E-state index is 11.8. The molecule has 0 saturated carbocycles. The molecule has 0 spiro atoms. The van der Waals surface area contributed by atoms with Crippen molar-refractivity contribution in [2.75, 3.05) is 19.6 Å². The van der Waals surface area contributed by atoms with Crippen LogP contribution in [0.4, 0.5) is 0 Å². The highest BCUT2D eigenvalue weighted by atomic mass is 16.3. The van der Waals surface area contributed by atoms with Crippen molar-refractivity contribution in [1.29, 1.82) is 0 Å². The summed E-state index contributed by atoms with van der Waals surface area (Å²) < 4.78 is 0. The Morgan fingerprint density at radius 2 is 1.60 bits per heavy atom. The molecule has 20 heavy (non-hydrogen) atoms. The number of piperidine rings is 1. The fraction of sp³-hybridized carbons (Fsp3) is 0.938. The summed E-state index contributed by atoms with van der Waals surface area (Å²) in [5.74, 6) is 1.26. The molecule has 1 heterocycles. The molecule has 1 aliphatic rings. The number of hydrogen-bond acceptors (Lipinski definition) is 3. The minimum Gasteiger partial charge on any atom is -0.384 e. The lowest BCUT2D eigenvalue weighted by atomic mass is 9.97. The molecule has 1 aliphatic heterocycles. The standard InChI is InChI=1S/C12H24N2O2.C4H10/c1-9(2)14(12(16)10(3)15)8-11-4-6-13-7-5-11;1-4(2)3/h9-11,13,15H,4-8H2,1-3H3;4H,1-3H3. The Morgan fingerprint density at radius 1 is 1.15 bits per heavy atom. The average molecular weight is 286 g/mol. The third-order valence-electron chi connectivity index (χ3n) is 3.18. The number of nitrogens with zero attached hydrogens (tertiary/aromatic N) is 1. The summed E-state index contributed by atoms with van der Waals surface area (Å²) in [7, 11) is 0. The van der Waals surface area contributed by atoms with Crippen LogP contribution in [0, 0.1) is 11.8 Å². The van der Waals surface area contributed by atoms with Gasteiger partial charge < -0.3 is 15.3 Å². The van der Waals surface area contributed by atoms with Gasteiger partial charge in [0.2, 0.25) is 0 Å². The van der Waals surface area contributed by atoms with Gasteiger partial charge in [0.1, 0.15) is 6.10 Å². The van der Waals surface area contributed by atoms with Gasteiger partial charge in [-0.1, -0.05) is 20.8 Å². The highest BCUT2D eigenvalue weighted by molar-refractivity contribution is 5.80. The molecule has 1 saturated heterocycles. The number of aliphatic hydroxyl groups is 1. The summed E-state index contributed by atoms with van der Waals surface area (Å²) >= 11 is 0. The molecule has 0 aromatic heterocycles. The zero-order valence-corrected chi connectivity index (χ0v) is 14.1. The van der Waals surface area contributed by atoms with Gasteiger partial charge in [0, 0.05) is 12.6 Å². The van der Waals surface area contributed by atoms with E-state index in [4.69, 9.17) is 0 Å². The van der Waals surface area contributed by atoms with E-state index in [1.54, 1.807) is 11.8 Å². The van der Waals surface area contributed by atoms with Crippen molar-refractivity contribution in [1.82, 2.24) is 10.2 Å². The maximum absolute atomic E-state index is 11.8. The van der Waals surface area contributed by atoms with Crippen LogP contribution >= 0.6 is 0 Å². The Kier molecular flexibility index (Phi) is 9.86. The van der Waals surface area contributed by atoms with Gasteiger partial charge in [-0.05, 0) is 58.5 Å². The summed E-state index contributed by atoms with van der Waals surface area (Å²) in [4.78, 5) is 13.6. The first kappa shape index (κ1) is 19.4. The van der Waals surface area contributed by atoms with E-state index in [-0.39, 0.29) is 11.9 Å². The van der Waals surface area contributed by atoms with Crippen LogP contribution in [0.5, 0.6) is 0 Å². The largest absolute Gasteiger partial charge is 0.384 e. The quantitative estimate of drug-likeness (QED) is 0.833. The molecule has 0 aromatic carbocycles. The van der Waals surface area contributed by atoms with Crippen LogP contribution in [0.15, 0.2) is 0 Å². The Balaban J connectivity index is 0.000000796. The van der Waals surface area contributed by atoms with Crippen LogP contribution in [-0.2, 0) is 4.79 Å². The van der Waals surface area contributed by atoms with Crippen molar-refractivity contribution in [2.24, 2.45) is 11.8 Å². The van der Waals surface area contributed by atoms with E-state index in [2.05, 4.69) is 26.1 Å². The lowest BCUT2D eigenvalue weighted by molar-refractivity contribution is -0.141. The van der Waals surface area contributed by atoms with Crippen LogP contribution in [0.2, 0.25) is 0 Å². The maximum Gasteiger partial charge on any atom is 0.251 e. The number of rotatable bonds is 4. The number of carbonyl (C=O) groups excluding carboxylic acids is 1. The number of carbonyl (C=O) groups is 1. The highest BCUT2D eigenvalue weighted by Crippen LogP contribution is 2.15. The van der Waals surface area contributed by atoms with E-state index in [0.717, 1.165) is 38.4 Å². The Morgan fingerprint density at radius 3 is 1.95 bits per heavy atom. The lowest BCUT2D eigenvalue weighted by Crippen LogP contribution is -2.46. The SMILES string of the molecule is CC(C)C.CC(O)C(=O)N(CC1CCNCC1)C(C)C. The molecular weight excluding hydrogens is 252 g/mol. The minimum atomic E-state index is -0.885. The van der Waals surface area contributed by atoms with Crippen LogP contribution in [-0.4, -0.2) is 47.7 Å². The van der Waals surface area contributed by atoms with E-state index >= 15 is 0 Å². The van der Waals surface area contributed by atoms with Crippen molar-refractivity contribution >= 4 is 5.91 Å². The van der Waals surface area contributed by atoms with Crippen LogP contribution < -0.4 is 5.32 Å². The first-order valence-corrected chi connectivity index (χ1v) is 7.94. The van der Waals surface area contributed by atoms with Crippen molar-refractivity contribution < 1.29 is 9.90 Å². The Labute approximate surface area is 124 Å². The van der Waals surface area contributed by atoms with Gasteiger partial charge in [-0.2, -0.15) is 0 Å². The number of hydrogen-bond donors (Lipinski definition) is 2. The van der Waals surface area contributed by atoms with Crippen LogP contribution in [0.25, 0.3) is 0 Å². The molecule has 1 unspecified atom stereocenters. The first-order valence-electron chi connectivity index (χ1n) is 7.94. The second kappa shape index (κ2) is 10.2. The van der Waals surface area contributed by atoms with Gasteiger partial charge >= 0.3 is 0 Å². The zero-order valence-electron chi connectivity index (χ0n) is 14.1. The van der Waals surface area contributed by atoms with Crippen LogP contribution in [0.1, 0.15) is 54.4 Å². The van der Waals surface area contributed by atoms with E-state index in [1.165, 1.54) is 0 Å². The first-order chi connectivity index (χ1) is 9.25. The fourth-order valence-corrected chi connectivity index (χ4v) is 2.14. The monoisotopic (exact) mass is 286 g/mol. The molecule has 120 valence electrons. The van der Waals surface area contributed by atoms with E-state index < -0.39 is 6.10 Å². The van der Waals surface area contributed by atoms with Crippen molar-refractivity contribution in [2.45, 2.75) is 66.5 Å². The molecule has 0 radical (unpaired) electrons. The number of nitrogens with one attached hydrogen (secondary N) is 1. The normalized spacial score (nSPS) is 17.6. The van der Waals surface area contributed by atoms with E-state index in [0.29, 0.717) is 5.92 Å². The Bertz CT molecular complexity index is 256. The predicted molar refractivity (Wildman–Crippen MR) is 84.6 cm³/mol. The summed E-state index contributed by atoms with van der Waals surface area (Å²) in [6.45, 7) is 14.9. The zero-order chi connectivity index (χ0) is 15.7. The van der Waals surface area contributed by atoms with Crippen molar-refractivity contribution in [3.05, 3.63) is 0 Å². The van der Waals surface area contributed by atoms with Gasteiger partial charge in [0.25, 0.3) is 5.91 Å². The molecule has 0 aliphatic carbocycles. The van der Waals surface area contributed by atoms with Gasteiger partial charge in [-0.15, -0.1) is 0 Å². The molecule has 4 heteroatoms. The third kappa shape index (κ3) is 8.54. The smallest absolute Gasteiger partial charge is 0.251 e. The predicted octanol–water partition coefficient (Wildman–Crippen LogP) is 2.27.